The van der Waals surface area contributed by atoms with Crippen molar-refractivity contribution in [1.82, 2.24) is 10.3 Å². The van der Waals surface area contributed by atoms with Crippen LogP contribution in [0.25, 0.3) is 0 Å². The van der Waals surface area contributed by atoms with Crippen molar-refractivity contribution < 1.29 is 13.9 Å². The lowest BCUT2D eigenvalue weighted by molar-refractivity contribution is 0.0610. The van der Waals surface area contributed by atoms with Crippen molar-refractivity contribution in [3.63, 3.8) is 0 Å². The zero-order valence-corrected chi connectivity index (χ0v) is 15.6. The summed E-state index contributed by atoms with van der Waals surface area (Å²) in [6, 6.07) is 7.71. The number of benzene rings is 1. The molecule has 1 atom stereocenters. The number of nitrogens with one attached hydrogen (secondary N) is 1. The molecule has 2 aromatic rings. The number of oxazole rings is 1. The fourth-order valence-corrected chi connectivity index (χ4v) is 3.25. The van der Waals surface area contributed by atoms with Crippen LogP contribution in [0.1, 0.15) is 67.9 Å². The van der Waals surface area contributed by atoms with E-state index in [1.807, 2.05) is 45.0 Å². The van der Waals surface area contributed by atoms with Gasteiger partial charge in [0.05, 0.1) is 11.7 Å². The molecular formula is C20H26N2O3. The predicted molar refractivity (Wildman–Crippen MR) is 95.8 cm³/mol. The van der Waals surface area contributed by atoms with E-state index in [-0.39, 0.29) is 17.6 Å². The largest absolute Gasteiger partial charge is 0.487 e. The highest BCUT2D eigenvalue weighted by Crippen LogP contribution is 2.39. The number of hydrogen-bond donors (Lipinski definition) is 1. The molecule has 134 valence electrons. The molecule has 25 heavy (non-hydrogen) atoms. The first kappa shape index (κ1) is 17.5. The number of ether oxygens (including phenoxy) is 1. The molecule has 1 amide bonds. The molecule has 2 heterocycles. The average Bonchev–Trinajstić information content (AvgIpc) is 2.85. The van der Waals surface area contributed by atoms with Crippen LogP contribution in [0.3, 0.4) is 0 Å². The SMILES string of the molecule is Cc1nc(CC(C)C)oc1C(=O)NC1CC(C)(C)Oc2ccccc21. The summed E-state index contributed by atoms with van der Waals surface area (Å²) in [5.74, 6) is 1.94. The molecular weight excluding hydrogens is 316 g/mol. The number of aromatic nitrogens is 1. The van der Waals surface area contributed by atoms with E-state index in [4.69, 9.17) is 9.15 Å². The topological polar surface area (TPSA) is 64.4 Å². The molecule has 1 aromatic heterocycles. The van der Waals surface area contributed by atoms with E-state index in [1.165, 1.54) is 0 Å². The predicted octanol–water partition coefficient (Wildman–Crippen LogP) is 4.21. The molecule has 3 rings (SSSR count). The van der Waals surface area contributed by atoms with Crippen LogP contribution >= 0.6 is 0 Å². The van der Waals surface area contributed by atoms with Crippen molar-refractivity contribution in [2.24, 2.45) is 5.92 Å². The number of nitrogens with zero attached hydrogens (tertiary/aromatic N) is 1. The van der Waals surface area contributed by atoms with Crippen molar-refractivity contribution in [3.05, 3.63) is 47.2 Å². The van der Waals surface area contributed by atoms with Gasteiger partial charge in [0.1, 0.15) is 11.4 Å². The second kappa shape index (κ2) is 6.54. The fraction of sp³-hybridized carbons (Fsp3) is 0.500. The summed E-state index contributed by atoms with van der Waals surface area (Å²) in [4.78, 5) is 17.2. The Morgan fingerprint density at radius 2 is 2.08 bits per heavy atom. The Bertz CT molecular complexity index is 777. The Morgan fingerprint density at radius 3 is 2.80 bits per heavy atom. The van der Waals surface area contributed by atoms with Crippen LogP contribution in [0.4, 0.5) is 0 Å². The lowest BCUT2D eigenvalue weighted by Crippen LogP contribution is -2.41. The van der Waals surface area contributed by atoms with Crippen LogP contribution in [-0.2, 0) is 6.42 Å². The van der Waals surface area contributed by atoms with Gasteiger partial charge in [-0.05, 0) is 32.8 Å². The third kappa shape index (κ3) is 3.86. The minimum atomic E-state index is -0.342. The molecule has 1 aromatic carbocycles. The number of hydrogen-bond acceptors (Lipinski definition) is 4. The first-order valence-electron chi connectivity index (χ1n) is 8.80. The zero-order chi connectivity index (χ0) is 18.2. The van der Waals surface area contributed by atoms with Gasteiger partial charge in [0.15, 0.2) is 5.89 Å². The Kier molecular flexibility index (Phi) is 4.58. The Balaban J connectivity index is 1.82. The van der Waals surface area contributed by atoms with E-state index in [0.29, 0.717) is 29.7 Å². The molecule has 0 saturated carbocycles. The van der Waals surface area contributed by atoms with E-state index >= 15 is 0 Å². The van der Waals surface area contributed by atoms with Gasteiger partial charge in [-0.25, -0.2) is 4.98 Å². The van der Waals surface area contributed by atoms with Crippen LogP contribution in [0.15, 0.2) is 28.7 Å². The number of carbonyl (C=O) groups is 1. The van der Waals surface area contributed by atoms with Crippen LogP contribution in [0.5, 0.6) is 5.75 Å². The highest BCUT2D eigenvalue weighted by atomic mass is 16.5. The van der Waals surface area contributed by atoms with Crippen LogP contribution < -0.4 is 10.1 Å². The molecule has 0 saturated heterocycles. The molecule has 0 bridgehead atoms. The molecule has 0 aliphatic carbocycles. The third-order valence-electron chi connectivity index (χ3n) is 4.31. The van der Waals surface area contributed by atoms with Crippen molar-refractivity contribution in [2.45, 2.75) is 59.1 Å². The monoisotopic (exact) mass is 342 g/mol. The first-order valence-corrected chi connectivity index (χ1v) is 8.80. The second-order valence-electron chi connectivity index (χ2n) is 7.75. The Labute approximate surface area is 148 Å². The van der Waals surface area contributed by atoms with E-state index in [0.717, 1.165) is 17.7 Å². The number of aryl methyl sites for hydroxylation is 1. The van der Waals surface area contributed by atoms with Gasteiger partial charge in [-0.15, -0.1) is 0 Å². The van der Waals surface area contributed by atoms with E-state index in [1.54, 1.807) is 0 Å². The molecule has 1 aliphatic rings. The van der Waals surface area contributed by atoms with Crippen molar-refractivity contribution in [3.8, 4) is 5.75 Å². The number of rotatable bonds is 4. The minimum absolute atomic E-state index is 0.120. The van der Waals surface area contributed by atoms with Gasteiger partial charge in [-0.2, -0.15) is 0 Å². The lowest BCUT2D eigenvalue weighted by Gasteiger charge is -2.37. The standard InChI is InChI=1S/C20H26N2O3/c1-12(2)10-17-21-13(3)18(24-17)19(23)22-15-11-20(4,5)25-16-9-7-6-8-14(15)16/h6-9,12,15H,10-11H2,1-5H3,(H,22,23). The molecule has 0 radical (unpaired) electrons. The summed E-state index contributed by atoms with van der Waals surface area (Å²) in [7, 11) is 0. The summed E-state index contributed by atoms with van der Waals surface area (Å²) >= 11 is 0. The fourth-order valence-electron chi connectivity index (χ4n) is 3.25. The molecule has 1 aliphatic heterocycles. The summed E-state index contributed by atoms with van der Waals surface area (Å²) in [5.41, 5.74) is 1.29. The Morgan fingerprint density at radius 1 is 1.36 bits per heavy atom. The van der Waals surface area contributed by atoms with Gasteiger partial charge in [0.2, 0.25) is 5.76 Å². The number of carbonyl (C=O) groups excluding carboxylic acids is 1. The third-order valence-corrected chi connectivity index (χ3v) is 4.31. The summed E-state index contributed by atoms with van der Waals surface area (Å²) in [5, 5.41) is 3.10. The van der Waals surface area contributed by atoms with Gasteiger partial charge >= 0.3 is 0 Å². The van der Waals surface area contributed by atoms with Crippen LogP contribution in [-0.4, -0.2) is 16.5 Å². The minimum Gasteiger partial charge on any atom is -0.487 e. The molecule has 0 spiro atoms. The van der Waals surface area contributed by atoms with Crippen molar-refractivity contribution in [2.75, 3.05) is 0 Å². The maximum Gasteiger partial charge on any atom is 0.289 e. The van der Waals surface area contributed by atoms with Crippen LogP contribution in [0.2, 0.25) is 0 Å². The summed E-state index contributed by atoms with van der Waals surface area (Å²) < 4.78 is 11.7. The maximum absolute atomic E-state index is 12.8. The first-order chi connectivity index (χ1) is 11.7. The van der Waals surface area contributed by atoms with E-state index < -0.39 is 0 Å². The van der Waals surface area contributed by atoms with Gasteiger partial charge in [-0.3, -0.25) is 4.79 Å². The number of para-hydroxylation sites is 1. The summed E-state index contributed by atoms with van der Waals surface area (Å²) in [6.45, 7) is 10.1. The van der Waals surface area contributed by atoms with Crippen LogP contribution in [0, 0.1) is 12.8 Å². The maximum atomic E-state index is 12.8. The molecule has 1 unspecified atom stereocenters. The molecule has 1 N–H and O–H groups in total. The molecule has 0 fully saturated rings. The molecule has 5 nitrogen and oxygen atoms in total. The highest BCUT2D eigenvalue weighted by Gasteiger charge is 2.35. The lowest BCUT2D eigenvalue weighted by atomic mass is 9.89. The van der Waals surface area contributed by atoms with E-state index in [9.17, 15) is 4.79 Å². The molecule has 5 heteroatoms. The van der Waals surface area contributed by atoms with E-state index in [2.05, 4.69) is 24.1 Å². The second-order valence-corrected chi connectivity index (χ2v) is 7.75. The highest BCUT2D eigenvalue weighted by molar-refractivity contribution is 5.92. The van der Waals surface area contributed by atoms with Crippen molar-refractivity contribution in [1.29, 1.82) is 0 Å². The summed E-state index contributed by atoms with van der Waals surface area (Å²) in [6.07, 6.45) is 1.42. The van der Waals surface area contributed by atoms with Crippen molar-refractivity contribution >= 4 is 5.91 Å². The van der Waals surface area contributed by atoms with Gasteiger partial charge in [0.25, 0.3) is 5.91 Å². The number of fused-ring (bicyclic) bond motifs is 1. The Hall–Kier alpha value is -2.30. The average molecular weight is 342 g/mol. The van der Waals surface area contributed by atoms with Gasteiger partial charge in [0, 0.05) is 18.4 Å². The normalized spacial score (nSPS) is 18.6. The van der Waals surface area contributed by atoms with Gasteiger partial charge in [-0.1, -0.05) is 32.0 Å². The smallest absolute Gasteiger partial charge is 0.289 e. The van der Waals surface area contributed by atoms with Gasteiger partial charge < -0.3 is 14.5 Å². The zero-order valence-electron chi connectivity index (χ0n) is 15.6. The quantitative estimate of drug-likeness (QED) is 0.904. The number of amides is 1.